The molecule has 0 atom stereocenters. The molecule has 0 spiro atoms. The third-order valence-electron chi connectivity index (χ3n) is 2.76. The van der Waals surface area contributed by atoms with Gasteiger partial charge >= 0.3 is 0 Å². The predicted octanol–water partition coefficient (Wildman–Crippen LogP) is 1.11. The lowest BCUT2D eigenvalue weighted by atomic mass is 10.3. The second kappa shape index (κ2) is 5.02. The van der Waals surface area contributed by atoms with Gasteiger partial charge in [-0.3, -0.25) is 4.40 Å². The Balaban J connectivity index is 2.10. The van der Waals surface area contributed by atoms with E-state index >= 15 is 0 Å². The zero-order chi connectivity index (χ0) is 15.0. The number of nitrogens with zero attached hydrogens (tertiary/aromatic N) is 3. The lowest BCUT2D eigenvalue weighted by Gasteiger charge is -2.07. The summed E-state index contributed by atoms with van der Waals surface area (Å²) >= 11 is 1.16. The maximum absolute atomic E-state index is 11.7. The Labute approximate surface area is 125 Å². The van der Waals surface area contributed by atoms with Gasteiger partial charge in [-0.1, -0.05) is 6.07 Å². The summed E-state index contributed by atoms with van der Waals surface area (Å²) in [7, 11) is -3.87. The van der Waals surface area contributed by atoms with Crippen LogP contribution in [0, 0.1) is 0 Å². The number of hydrogen-bond acceptors (Lipinski definition) is 6. The fraction of sp³-hybridized carbons (Fsp3) is 0. The van der Waals surface area contributed by atoms with Crippen molar-refractivity contribution in [2.24, 2.45) is 5.14 Å². The molecule has 0 aliphatic rings. The van der Waals surface area contributed by atoms with Crippen LogP contribution in [0.25, 0.3) is 5.65 Å². The summed E-state index contributed by atoms with van der Waals surface area (Å²) in [4.78, 5) is 0.421. The Morgan fingerprint density at radius 3 is 2.71 bits per heavy atom. The first-order valence-electron chi connectivity index (χ1n) is 5.85. The molecule has 0 aliphatic heterocycles. The van der Waals surface area contributed by atoms with Crippen molar-refractivity contribution in [1.82, 2.24) is 14.6 Å². The Kier molecular flexibility index (Phi) is 3.32. The van der Waals surface area contributed by atoms with E-state index in [1.165, 1.54) is 6.07 Å². The number of pyridine rings is 1. The highest BCUT2D eigenvalue weighted by atomic mass is 32.2. The summed E-state index contributed by atoms with van der Waals surface area (Å²) in [5, 5.41) is 13.8. The number of nitrogens with two attached hydrogens (primary N) is 2. The number of nitrogen functional groups attached to an aromatic ring is 1. The van der Waals surface area contributed by atoms with E-state index in [1.807, 2.05) is 12.1 Å². The van der Waals surface area contributed by atoms with Crippen LogP contribution >= 0.6 is 11.8 Å². The van der Waals surface area contributed by atoms with Gasteiger partial charge in [0.1, 0.15) is 0 Å². The number of sulfonamides is 1. The van der Waals surface area contributed by atoms with Crippen molar-refractivity contribution in [2.75, 3.05) is 5.73 Å². The van der Waals surface area contributed by atoms with Crippen LogP contribution in [-0.4, -0.2) is 23.0 Å². The topological polar surface area (TPSA) is 116 Å². The third kappa shape index (κ3) is 2.71. The second-order valence-corrected chi connectivity index (χ2v) is 6.80. The normalized spacial score (nSPS) is 11.9. The average Bonchev–Trinajstić information content (AvgIpc) is 2.83. The lowest BCUT2D eigenvalue weighted by molar-refractivity contribution is 0.596. The summed E-state index contributed by atoms with van der Waals surface area (Å²) in [6, 6.07) is 10.0. The van der Waals surface area contributed by atoms with Crippen LogP contribution in [0.2, 0.25) is 0 Å². The van der Waals surface area contributed by atoms with Crippen LogP contribution in [0.5, 0.6) is 0 Å². The van der Waals surface area contributed by atoms with Crippen LogP contribution in [0.3, 0.4) is 0 Å². The Morgan fingerprint density at radius 1 is 1.14 bits per heavy atom. The van der Waals surface area contributed by atoms with Gasteiger partial charge in [0.2, 0.25) is 10.0 Å². The van der Waals surface area contributed by atoms with Crippen LogP contribution < -0.4 is 10.9 Å². The van der Waals surface area contributed by atoms with Crippen molar-refractivity contribution < 1.29 is 8.42 Å². The number of hydrogen-bond donors (Lipinski definition) is 2. The maximum atomic E-state index is 11.7. The number of anilines is 1. The van der Waals surface area contributed by atoms with Gasteiger partial charge in [0.25, 0.3) is 0 Å². The van der Waals surface area contributed by atoms with Gasteiger partial charge in [0.05, 0.1) is 4.90 Å². The molecule has 0 unspecified atom stereocenters. The quantitative estimate of drug-likeness (QED) is 0.698. The lowest BCUT2D eigenvalue weighted by Crippen LogP contribution is -2.13. The molecule has 9 heteroatoms. The van der Waals surface area contributed by atoms with Gasteiger partial charge in [-0.2, -0.15) is 0 Å². The van der Waals surface area contributed by atoms with Gasteiger partial charge in [-0.25, -0.2) is 13.6 Å². The molecule has 0 aliphatic carbocycles. The van der Waals surface area contributed by atoms with E-state index in [-0.39, 0.29) is 4.90 Å². The molecule has 2 aromatic heterocycles. The van der Waals surface area contributed by atoms with Crippen LogP contribution in [0.4, 0.5) is 5.69 Å². The summed E-state index contributed by atoms with van der Waals surface area (Å²) in [5.41, 5.74) is 6.63. The molecule has 3 rings (SSSR count). The minimum absolute atomic E-state index is 0.0276. The van der Waals surface area contributed by atoms with Gasteiger partial charge in [0.15, 0.2) is 10.8 Å². The van der Waals surface area contributed by atoms with Crippen molar-refractivity contribution in [3.05, 3.63) is 42.6 Å². The van der Waals surface area contributed by atoms with Crippen LogP contribution in [-0.2, 0) is 10.0 Å². The zero-order valence-electron chi connectivity index (χ0n) is 10.7. The third-order valence-corrected chi connectivity index (χ3v) is 4.87. The minimum atomic E-state index is -3.87. The smallest absolute Gasteiger partial charge is 0.239 e. The van der Waals surface area contributed by atoms with Gasteiger partial charge in [0, 0.05) is 16.8 Å². The largest absolute Gasteiger partial charge is 0.399 e. The van der Waals surface area contributed by atoms with E-state index < -0.39 is 10.0 Å². The van der Waals surface area contributed by atoms with E-state index in [2.05, 4.69) is 10.2 Å². The highest BCUT2D eigenvalue weighted by Gasteiger charge is 2.17. The highest BCUT2D eigenvalue weighted by molar-refractivity contribution is 8.00. The van der Waals surface area contributed by atoms with E-state index in [4.69, 9.17) is 10.9 Å². The van der Waals surface area contributed by atoms with E-state index in [1.54, 1.807) is 28.8 Å². The van der Waals surface area contributed by atoms with Gasteiger partial charge in [-0.15, -0.1) is 10.2 Å². The van der Waals surface area contributed by atoms with Gasteiger partial charge in [-0.05, 0) is 42.1 Å². The second-order valence-electron chi connectivity index (χ2n) is 4.26. The Bertz CT molecular complexity index is 920. The number of benzene rings is 1. The van der Waals surface area contributed by atoms with Crippen molar-refractivity contribution in [2.45, 2.75) is 14.9 Å². The molecule has 3 aromatic rings. The first kappa shape index (κ1) is 13.9. The maximum Gasteiger partial charge on any atom is 0.239 e. The molecule has 0 fully saturated rings. The summed E-state index contributed by atoms with van der Waals surface area (Å²) < 4.78 is 25.1. The van der Waals surface area contributed by atoms with E-state index in [0.717, 1.165) is 11.8 Å². The first-order chi connectivity index (χ1) is 9.95. The monoisotopic (exact) mass is 321 g/mol. The van der Waals surface area contributed by atoms with Crippen molar-refractivity contribution in [3.63, 3.8) is 0 Å². The number of fused-ring (bicyclic) bond motifs is 1. The summed E-state index contributed by atoms with van der Waals surface area (Å²) in [6.45, 7) is 0. The van der Waals surface area contributed by atoms with Crippen molar-refractivity contribution in [1.29, 1.82) is 0 Å². The molecule has 0 amide bonds. The molecule has 0 saturated heterocycles. The number of primary sulfonamides is 1. The first-order valence-corrected chi connectivity index (χ1v) is 8.21. The predicted molar refractivity (Wildman–Crippen MR) is 79.3 cm³/mol. The molecule has 108 valence electrons. The highest BCUT2D eigenvalue weighted by Crippen LogP contribution is 2.32. The van der Waals surface area contributed by atoms with E-state index in [0.29, 0.717) is 21.4 Å². The van der Waals surface area contributed by atoms with E-state index in [9.17, 15) is 8.42 Å². The standard InChI is InChI=1S/C12H11N5O2S2/c13-8-4-5-9(10(7-8)21(14,18)19)20-12-16-15-11-3-1-2-6-17(11)12/h1-7H,13H2,(H2,14,18,19). The average molecular weight is 321 g/mol. The van der Waals surface area contributed by atoms with Crippen molar-refractivity contribution >= 4 is 33.1 Å². The molecule has 7 nitrogen and oxygen atoms in total. The fourth-order valence-electron chi connectivity index (χ4n) is 1.82. The molecule has 4 N–H and O–H groups in total. The summed E-state index contributed by atoms with van der Waals surface area (Å²) in [6.07, 6.45) is 1.80. The molecule has 21 heavy (non-hydrogen) atoms. The molecular formula is C12H11N5O2S2. The minimum Gasteiger partial charge on any atom is -0.399 e. The molecule has 0 saturated carbocycles. The molecule has 0 bridgehead atoms. The fourth-order valence-corrected chi connectivity index (χ4v) is 3.77. The number of aromatic nitrogens is 3. The molecule has 0 radical (unpaired) electrons. The molecule has 1 aromatic carbocycles. The number of rotatable bonds is 3. The summed E-state index contributed by atoms with van der Waals surface area (Å²) in [5.74, 6) is 0. The van der Waals surface area contributed by atoms with Crippen LogP contribution in [0.15, 0.2) is 57.5 Å². The Hall–Kier alpha value is -2.10. The van der Waals surface area contributed by atoms with Crippen molar-refractivity contribution in [3.8, 4) is 0 Å². The SMILES string of the molecule is Nc1ccc(Sc2nnc3ccccn23)c(S(N)(=O)=O)c1. The molecule has 2 heterocycles. The Morgan fingerprint density at radius 2 is 1.95 bits per heavy atom. The van der Waals surface area contributed by atoms with Crippen LogP contribution in [0.1, 0.15) is 0 Å². The van der Waals surface area contributed by atoms with Gasteiger partial charge < -0.3 is 5.73 Å². The zero-order valence-corrected chi connectivity index (χ0v) is 12.3. The molecular weight excluding hydrogens is 310 g/mol.